The van der Waals surface area contributed by atoms with Crippen molar-refractivity contribution in [3.05, 3.63) is 42.2 Å². The van der Waals surface area contributed by atoms with Crippen LogP contribution in [0.2, 0.25) is 0 Å². The molecule has 2 unspecified atom stereocenters. The first kappa shape index (κ1) is 20.6. The van der Waals surface area contributed by atoms with Crippen LogP contribution in [0.4, 0.5) is 5.69 Å². The molecule has 2 aromatic rings. The molecule has 28 heavy (non-hydrogen) atoms. The Bertz CT molecular complexity index is 753. The summed E-state index contributed by atoms with van der Waals surface area (Å²) in [5.74, 6) is 0.572. The molecule has 2 N–H and O–H groups in total. The van der Waals surface area contributed by atoms with Crippen LogP contribution in [-0.2, 0) is 4.74 Å². The molecule has 8 heteroatoms. The lowest BCUT2D eigenvalue weighted by Crippen LogP contribution is -2.32. The lowest BCUT2D eigenvalue weighted by Gasteiger charge is -2.22. The number of rotatable bonds is 6. The second kappa shape index (κ2) is 9.91. The minimum absolute atomic E-state index is 0. The highest BCUT2D eigenvalue weighted by atomic mass is 35.5. The molecule has 1 amide bonds. The predicted molar refractivity (Wildman–Crippen MR) is 109 cm³/mol. The van der Waals surface area contributed by atoms with Gasteiger partial charge in [-0.3, -0.25) is 9.48 Å². The van der Waals surface area contributed by atoms with E-state index in [2.05, 4.69) is 15.7 Å². The number of hydrogen-bond acceptors (Lipinski definition) is 5. The highest BCUT2D eigenvalue weighted by molar-refractivity contribution is 6.02. The number of nitrogens with one attached hydrogen (secondary N) is 2. The first-order valence-electron chi connectivity index (χ1n) is 9.69. The zero-order valence-corrected chi connectivity index (χ0v) is 16.6. The average molecular weight is 407 g/mol. The summed E-state index contributed by atoms with van der Waals surface area (Å²) in [5, 5.41) is 10.7. The predicted octanol–water partition coefficient (Wildman–Crippen LogP) is 3.04. The van der Waals surface area contributed by atoms with Gasteiger partial charge in [-0.25, -0.2) is 0 Å². The smallest absolute Gasteiger partial charge is 0.276 e. The molecule has 0 spiro atoms. The van der Waals surface area contributed by atoms with Crippen molar-refractivity contribution in [3.8, 4) is 5.75 Å². The fraction of sp³-hybridized carbons (Fsp3) is 0.500. The normalized spacial score (nSPS) is 21.7. The van der Waals surface area contributed by atoms with E-state index in [0.29, 0.717) is 18.3 Å². The molecule has 0 bridgehead atoms. The Morgan fingerprint density at radius 3 is 2.82 bits per heavy atom. The molecule has 4 rings (SSSR count). The van der Waals surface area contributed by atoms with Gasteiger partial charge in [0.2, 0.25) is 0 Å². The molecule has 152 valence electrons. The fourth-order valence-electron chi connectivity index (χ4n) is 3.52. The topological polar surface area (TPSA) is 77.4 Å². The number of amides is 1. The van der Waals surface area contributed by atoms with E-state index >= 15 is 0 Å². The van der Waals surface area contributed by atoms with Gasteiger partial charge in [0, 0.05) is 25.0 Å². The molecule has 0 saturated carbocycles. The number of piperidine rings is 1. The summed E-state index contributed by atoms with van der Waals surface area (Å²) in [5.41, 5.74) is 1.15. The maximum atomic E-state index is 12.4. The summed E-state index contributed by atoms with van der Waals surface area (Å²) in [6.07, 6.45) is 6.45. The van der Waals surface area contributed by atoms with Gasteiger partial charge in [-0.15, -0.1) is 12.4 Å². The maximum Gasteiger partial charge on any atom is 0.276 e. The highest BCUT2D eigenvalue weighted by Crippen LogP contribution is 2.19. The third kappa shape index (κ3) is 5.25. The van der Waals surface area contributed by atoms with E-state index in [1.807, 2.05) is 35.1 Å². The van der Waals surface area contributed by atoms with Crippen molar-refractivity contribution in [2.75, 3.05) is 31.6 Å². The summed E-state index contributed by atoms with van der Waals surface area (Å²) in [6.45, 7) is 3.35. The molecule has 1 aromatic carbocycles. The Morgan fingerprint density at radius 2 is 2.11 bits per heavy atom. The molecule has 2 fully saturated rings. The molecule has 2 saturated heterocycles. The van der Waals surface area contributed by atoms with E-state index in [0.717, 1.165) is 56.8 Å². The number of carbonyl (C=O) groups excluding carboxylic acids is 1. The Hall–Kier alpha value is -2.09. The molecular formula is C20H27ClN4O3. The fourth-order valence-corrected chi connectivity index (χ4v) is 3.52. The Labute approximate surface area is 171 Å². The number of carbonyl (C=O) groups is 1. The second-order valence-electron chi connectivity index (χ2n) is 7.11. The van der Waals surface area contributed by atoms with Gasteiger partial charge in [-0.05, 0) is 62.6 Å². The third-order valence-electron chi connectivity index (χ3n) is 5.06. The van der Waals surface area contributed by atoms with Crippen molar-refractivity contribution in [3.63, 3.8) is 0 Å². The molecule has 2 aliphatic heterocycles. The standard InChI is InChI=1S/C20H26N4O3.ClH/c25-20(19-9-11-24(23-19)16-3-1-10-21-13-16)22-15-5-7-17(8-6-15)27-14-18-4-2-12-26-18;/h5-9,11,16,18,21H,1-4,10,12-14H2,(H,22,25);1H. The average Bonchev–Trinajstić information content (AvgIpc) is 3.40. The second-order valence-corrected chi connectivity index (χ2v) is 7.11. The molecule has 0 radical (unpaired) electrons. The summed E-state index contributed by atoms with van der Waals surface area (Å²) >= 11 is 0. The Kier molecular flexibility index (Phi) is 7.30. The third-order valence-corrected chi connectivity index (χ3v) is 5.06. The van der Waals surface area contributed by atoms with Gasteiger partial charge in [0.15, 0.2) is 5.69 Å². The zero-order valence-electron chi connectivity index (χ0n) is 15.8. The van der Waals surface area contributed by atoms with Crippen LogP contribution in [0, 0.1) is 0 Å². The van der Waals surface area contributed by atoms with Gasteiger partial charge in [0.1, 0.15) is 12.4 Å². The van der Waals surface area contributed by atoms with Crippen LogP contribution in [0.3, 0.4) is 0 Å². The van der Waals surface area contributed by atoms with Crippen molar-refractivity contribution in [1.29, 1.82) is 0 Å². The van der Waals surface area contributed by atoms with Crippen LogP contribution in [0.15, 0.2) is 36.5 Å². The van der Waals surface area contributed by atoms with E-state index < -0.39 is 0 Å². The SMILES string of the molecule is Cl.O=C(Nc1ccc(OCC2CCCO2)cc1)c1ccn(C2CCCNC2)n1. The zero-order chi connectivity index (χ0) is 18.5. The molecule has 1 aromatic heterocycles. The van der Waals surface area contributed by atoms with Crippen molar-refractivity contribution in [1.82, 2.24) is 15.1 Å². The van der Waals surface area contributed by atoms with E-state index in [4.69, 9.17) is 9.47 Å². The van der Waals surface area contributed by atoms with Crippen LogP contribution >= 0.6 is 12.4 Å². The van der Waals surface area contributed by atoms with Crippen LogP contribution < -0.4 is 15.4 Å². The number of hydrogen-bond donors (Lipinski definition) is 2. The summed E-state index contributed by atoms with van der Waals surface area (Å²) in [4.78, 5) is 12.4. The van der Waals surface area contributed by atoms with Gasteiger partial charge >= 0.3 is 0 Å². The van der Waals surface area contributed by atoms with Crippen molar-refractivity contribution in [2.24, 2.45) is 0 Å². The lowest BCUT2D eigenvalue weighted by molar-refractivity contribution is 0.0679. The maximum absolute atomic E-state index is 12.4. The van der Waals surface area contributed by atoms with E-state index in [1.54, 1.807) is 6.07 Å². The number of benzene rings is 1. The van der Waals surface area contributed by atoms with Crippen LogP contribution in [0.5, 0.6) is 5.75 Å². The van der Waals surface area contributed by atoms with Crippen LogP contribution in [0.1, 0.15) is 42.2 Å². The van der Waals surface area contributed by atoms with Gasteiger partial charge < -0.3 is 20.1 Å². The molecule has 0 aliphatic carbocycles. The molecular weight excluding hydrogens is 380 g/mol. The lowest BCUT2D eigenvalue weighted by atomic mass is 10.1. The first-order valence-corrected chi connectivity index (χ1v) is 9.69. The molecule has 3 heterocycles. The van der Waals surface area contributed by atoms with Crippen LogP contribution in [-0.4, -0.2) is 48.1 Å². The summed E-state index contributed by atoms with van der Waals surface area (Å²) in [6, 6.07) is 9.48. The minimum Gasteiger partial charge on any atom is -0.491 e. The van der Waals surface area contributed by atoms with E-state index in [1.165, 1.54) is 0 Å². The molecule has 7 nitrogen and oxygen atoms in total. The highest BCUT2D eigenvalue weighted by Gasteiger charge is 2.18. The van der Waals surface area contributed by atoms with E-state index in [9.17, 15) is 4.79 Å². The van der Waals surface area contributed by atoms with Gasteiger partial charge in [0.25, 0.3) is 5.91 Å². The summed E-state index contributed by atoms with van der Waals surface area (Å²) < 4.78 is 13.2. The Morgan fingerprint density at radius 1 is 1.25 bits per heavy atom. The van der Waals surface area contributed by atoms with E-state index in [-0.39, 0.29) is 24.4 Å². The Balaban J connectivity index is 0.00000225. The molecule has 2 atom stereocenters. The quantitative estimate of drug-likeness (QED) is 0.771. The first-order chi connectivity index (χ1) is 13.3. The van der Waals surface area contributed by atoms with Crippen molar-refractivity contribution in [2.45, 2.75) is 37.8 Å². The van der Waals surface area contributed by atoms with Gasteiger partial charge in [-0.2, -0.15) is 5.10 Å². The number of ether oxygens (including phenoxy) is 2. The van der Waals surface area contributed by atoms with Gasteiger partial charge in [-0.1, -0.05) is 0 Å². The number of nitrogens with zero attached hydrogens (tertiary/aromatic N) is 2. The number of anilines is 1. The number of aromatic nitrogens is 2. The number of halogens is 1. The monoisotopic (exact) mass is 406 g/mol. The minimum atomic E-state index is -0.203. The summed E-state index contributed by atoms with van der Waals surface area (Å²) in [7, 11) is 0. The van der Waals surface area contributed by atoms with Crippen molar-refractivity contribution >= 4 is 24.0 Å². The largest absolute Gasteiger partial charge is 0.491 e. The molecule has 2 aliphatic rings. The van der Waals surface area contributed by atoms with Crippen molar-refractivity contribution < 1.29 is 14.3 Å². The van der Waals surface area contributed by atoms with Crippen LogP contribution in [0.25, 0.3) is 0 Å². The van der Waals surface area contributed by atoms with Gasteiger partial charge in [0.05, 0.1) is 12.1 Å².